The lowest BCUT2D eigenvalue weighted by Gasteiger charge is -2.19. The van der Waals surface area contributed by atoms with E-state index in [1.165, 1.54) is 22.3 Å². The number of nitrogens with one attached hydrogen (secondary N) is 1. The first kappa shape index (κ1) is 14.6. The zero-order chi connectivity index (χ0) is 14.5. The van der Waals surface area contributed by atoms with Crippen molar-refractivity contribution >= 4 is 0 Å². The van der Waals surface area contributed by atoms with Gasteiger partial charge in [-0.2, -0.15) is 0 Å². The molecule has 2 aromatic rings. The molecule has 2 heteroatoms. The lowest BCUT2D eigenvalue weighted by atomic mass is 9.95. The highest BCUT2D eigenvalue weighted by atomic mass is 16.5. The first-order chi connectivity index (χ1) is 9.65. The second kappa shape index (κ2) is 6.58. The van der Waals surface area contributed by atoms with Crippen LogP contribution in [-0.2, 0) is 0 Å². The fourth-order valence-electron chi connectivity index (χ4n) is 2.42. The van der Waals surface area contributed by atoms with E-state index in [0.29, 0.717) is 6.61 Å². The van der Waals surface area contributed by atoms with Gasteiger partial charge in [-0.25, -0.2) is 0 Å². The second-order valence-corrected chi connectivity index (χ2v) is 5.07. The molecule has 0 aromatic heterocycles. The predicted molar refractivity (Wildman–Crippen MR) is 84.4 cm³/mol. The third-order valence-corrected chi connectivity index (χ3v) is 3.66. The van der Waals surface area contributed by atoms with E-state index in [2.05, 4.69) is 49.5 Å². The summed E-state index contributed by atoms with van der Waals surface area (Å²) >= 11 is 0. The zero-order valence-electron chi connectivity index (χ0n) is 12.7. The van der Waals surface area contributed by atoms with Crippen molar-refractivity contribution < 1.29 is 4.74 Å². The van der Waals surface area contributed by atoms with Gasteiger partial charge in [-0.3, -0.25) is 0 Å². The minimum absolute atomic E-state index is 0.190. The van der Waals surface area contributed by atoms with Crippen molar-refractivity contribution in [3.63, 3.8) is 0 Å². The van der Waals surface area contributed by atoms with Crippen LogP contribution in [0.25, 0.3) is 0 Å². The summed E-state index contributed by atoms with van der Waals surface area (Å²) < 4.78 is 5.59. The first-order valence-corrected chi connectivity index (χ1v) is 7.13. The molecule has 0 saturated carbocycles. The Balaban J connectivity index is 2.36. The van der Waals surface area contributed by atoms with Crippen LogP contribution in [-0.4, -0.2) is 13.7 Å². The normalized spacial score (nSPS) is 12.2. The summed E-state index contributed by atoms with van der Waals surface area (Å²) in [4.78, 5) is 0. The van der Waals surface area contributed by atoms with E-state index in [1.807, 2.05) is 26.1 Å². The smallest absolute Gasteiger partial charge is 0.119 e. The van der Waals surface area contributed by atoms with E-state index in [1.54, 1.807) is 0 Å². The third kappa shape index (κ3) is 3.20. The summed E-state index contributed by atoms with van der Waals surface area (Å²) in [5.41, 5.74) is 5.15. The molecule has 0 saturated heterocycles. The monoisotopic (exact) mass is 269 g/mol. The summed E-state index contributed by atoms with van der Waals surface area (Å²) in [6.07, 6.45) is 0. The topological polar surface area (TPSA) is 21.3 Å². The van der Waals surface area contributed by atoms with E-state index in [9.17, 15) is 0 Å². The van der Waals surface area contributed by atoms with Crippen LogP contribution in [0.1, 0.15) is 35.2 Å². The van der Waals surface area contributed by atoms with Gasteiger partial charge in [0, 0.05) is 0 Å². The predicted octanol–water partition coefficient (Wildman–Crippen LogP) is 4.01. The van der Waals surface area contributed by atoms with Crippen molar-refractivity contribution in [1.29, 1.82) is 0 Å². The second-order valence-electron chi connectivity index (χ2n) is 5.07. The zero-order valence-corrected chi connectivity index (χ0v) is 12.7. The number of hydrogen-bond acceptors (Lipinski definition) is 2. The summed E-state index contributed by atoms with van der Waals surface area (Å²) in [5.74, 6) is 0.925. The molecule has 1 N–H and O–H groups in total. The largest absolute Gasteiger partial charge is 0.494 e. The van der Waals surface area contributed by atoms with Crippen LogP contribution in [0.15, 0.2) is 42.5 Å². The van der Waals surface area contributed by atoms with Gasteiger partial charge in [-0.15, -0.1) is 0 Å². The summed E-state index contributed by atoms with van der Waals surface area (Å²) in [7, 11) is 1.99. The molecule has 0 aliphatic heterocycles. The van der Waals surface area contributed by atoms with Gasteiger partial charge in [0.25, 0.3) is 0 Å². The summed E-state index contributed by atoms with van der Waals surface area (Å²) in [6.45, 7) is 6.99. The van der Waals surface area contributed by atoms with Crippen molar-refractivity contribution in [3.05, 3.63) is 64.7 Å². The molecule has 20 heavy (non-hydrogen) atoms. The lowest BCUT2D eigenvalue weighted by Crippen LogP contribution is -2.17. The Morgan fingerprint density at radius 1 is 1.00 bits per heavy atom. The summed E-state index contributed by atoms with van der Waals surface area (Å²) in [6, 6.07) is 15.1. The van der Waals surface area contributed by atoms with E-state index in [-0.39, 0.29) is 6.04 Å². The van der Waals surface area contributed by atoms with Crippen LogP contribution < -0.4 is 10.1 Å². The molecule has 0 aliphatic carbocycles. The van der Waals surface area contributed by atoms with Crippen LogP contribution in [0.5, 0.6) is 5.75 Å². The van der Waals surface area contributed by atoms with Gasteiger partial charge in [0.05, 0.1) is 12.6 Å². The van der Waals surface area contributed by atoms with Crippen molar-refractivity contribution in [1.82, 2.24) is 5.32 Å². The minimum atomic E-state index is 0.190. The Hall–Kier alpha value is -1.80. The van der Waals surface area contributed by atoms with Crippen molar-refractivity contribution in [2.45, 2.75) is 26.8 Å². The van der Waals surface area contributed by atoms with E-state index in [0.717, 1.165) is 5.75 Å². The average molecular weight is 269 g/mol. The van der Waals surface area contributed by atoms with E-state index in [4.69, 9.17) is 4.74 Å². The SMILES string of the molecule is CCOc1cccc(C(NC)c2ccc(C)c(C)c2)c1. The summed E-state index contributed by atoms with van der Waals surface area (Å²) in [5, 5.41) is 3.40. The van der Waals surface area contributed by atoms with Crippen LogP contribution in [0, 0.1) is 13.8 Å². The van der Waals surface area contributed by atoms with Gasteiger partial charge < -0.3 is 10.1 Å². The van der Waals surface area contributed by atoms with Crippen molar-refractivity contribution in [2.75, 3.05) is 13.7 Å². The van der Waals surface area contributed by atoms with Gasteiger partial charge in [0.2, 0.25) is 0 Å². The quantitative estimate of drug-likeness (QED) is 0.885. The van der Waals surface area contributed by atoms with Gasteiger partial charge in [0.1, 0.15) is 5.75 Å². The molecule has 2 nitrogen and oxygen atoms in total. The molecule has 0 aliphatic rings. The van der Waals surface area contributed by atoms with E-state index < -0.39 is 0 Å². The maximum absolute atomic E-state index is 5.59. The first-order valence-electron chi connectivity index (χ1n) is 7.13. The standard InChI is InChI=1S/C18H23NO/c1-5-20-17-8-6-7-15(12-17)18(19-4)16-10-9-13(2)14(3)11-16/h6-12,18-19H,5H2,1-4H3. The minimum Gasteiger partial charge on any atom is -0.494 e. The number of hydrogen-bond donors (Lipinski definition) is 1. The van der Waals surface area contributed by atoms with Gasteiger partial charge >= 0.3 is 0 Å². The highest BCUT2D eigenvalue weighted by Crippen LogP contribution is 2.26. The molecule has 0 fully saturated rings. The number of benzene rings is 2. The molecule has 1 unspecified atom stereocenters. The molecular weight excluding hydrogens is 246 g/mol. The molecule has 0 bridgehead atoms. The highest BCUT2D eigenvalue weighted by Gasteiger charge is 2.13. The average Bonchev–Trinajstić information content (AvgIpc) is 2.44. The number of rotatable bonds is 5. The van der Waals surface area contributed by atoms with Crippen LogP contribution in [0.2, 0.25) is 0 Å². The lowest BCUT2D eigenvalue weighted by molar-refractivity contribution is 0.339. The number of aryl methyl sites for hydroxylation is 2. The Labute approximate surface area is 121 Å². The molecule has 0 spiro atoms. The molecule has 0 radical (unpaired) electrons. The van der Waals surface area contributed by atoms with Gasteiger partial charge in [-0.1, -0.05) is 30.3 Å². The van der Waals surface area contributed by atoms with Crippen molar-refractivity contribution in [2.24, 2.45) is 0 Å². The fraction of sp³-hybridized carbons (Fsp3) is 0.333. The molecule has 106 valence electrons. The maximum atomic E-state index is 5.59. The Morgan fingerprint density at radius 3 is 2.40 bits per heavy atom. The van der Waals surface area contributed by atoms with Crippen LogP contribution in [0.3, 0.4) is 0 Å². The fourth-order valence-corrected chi connectivity index (χ4v) is 2.42. The van der Waals surface area contributed by atoms with Crippen molar-refractivity contribution in [3.8, 4) is 5.75 Å². The molecule has 1 atom stereocenters. The maximum Gasteiger partial charge on any atom is 0.119 e. The Kier molecular flexibility index (Phi) is 4.80. The van der Waals surface area contributed by atoms with Crippen LogP contribution in [0.4, 0.5) is 0 Å². The third-order valence-electron chi connectivity index (χ3n) is 3.66. The molecular formula is C18H23NO. The van der Waals surface area contributed by atoms with E-state index >= 15 is 0 Å². The molecule has 0 amide bonds. The Morgan fingerprint density at radius 2 is 1.75 bits per heavy atom. The van der Waals surface area contributed by atoms with Crippen LogP contribution >= 0.6 is 0 Å². The molecule has 0 heterocycles. The van der Waals surface area contributed by atoms with Gasteiger partial charge in [-0.05, 0) is 62.2 Å². The number of ether oxygens (including phenoxy) is 1. The highest BCUT2D eigenvalue weighted by molar-refractivity contribution is 5.39. The Bertz CT molecular complexity index is 577. The molecule has 2 rings (SSSR count). The molecule has 2 aromatic carbocycles. The van der Waals surface area contributed by atoms with Gasteiger partial charge in [0.15, 0.2) is 0 Å².